The molecule has 1 heterocycles. The molecule has 2 rings (SSSR count). The van der Waals surface area contributed by atoms with Gasteiger partial charge in [-0.05, 0) is 25.2 Å². The minimum Gasteiger partial charge on any atom is -0.389 e. The van der Waals surface area contributed by atoms with E-state index in [2.05, 4.69) is 16.6 Å². The number of hydrogen-bond donors (Lipinski definition) is 2. The van der Waals surface area contributed by atoms with Crippen LogP contribution >= 0.6 is 24.0 Å². The lowest BCUT2D eigenvalue weighted by atomic mass is 10.2. The molecule has 1 aromatic heterocycles. The van der Waals surface area contributed by atoms with Crippen molar-refractivity contribution < 1.29 is 0 Å². The van der Waals surface area contributed by atoms with Gasteiger partial charge < -0.3 is 11.1 Å². The average molecular weight is 267 g/mol. The number of nitrogens with one attached hydrogen (secondary N) is 1. The van der Waals surface area contributed by atoms with Gasteiger partial charge in [0.05, 0.1) is 11.9 Å². The predicted octanol–water partition coefficient (Wildman–Crippen LogP) is 2.41. The third-order valence-electron chi connectivity index (χ3n) is 3.18. The Kier molecular flexibility index (Phi) is 4.23. The molecule has 1 aliphatic carbocycles. The van der Waals surface area contributed by atoms with E-state index in [0.717, 1.165) is 11.3 Å². The topological polar surface area (TPSA) is 50.9 Å². The average Bonchev–Trinajstić information content (AvgIpc) is 2.77. The third kappa shape index (κ3) is 2.90. The van der Waals surface area contributed by atoms with Crippen molar-refractivity contribution in [1.82, 2.24) is 4.98 Å². The zero-order valence-electron chi connectivity index (χ0n) is 9.85. The van der Waals surface area contributed by atoms with Crippen molar-refractivity contribution >= 4 is 34.7 Å². The molecule has 0 amide bonds. The Morgan fingerprint density at radius 2 is 2.41 bits per heavy atom. The molecule has 2 unspecified atom stereocenters. The van der Waals surface area contributed by atoms with Crippen LogP contribution in [-0.2, 0) is 0 Å². The highest BCUT2D eigenvalue weighted by Crippen LogP contribution is 2.31. The monoisotopic (exact) mass is 267 g/mol. The van der Waals surface area contributed by atoms with E-state index >= 15 is 0 Å². The number of pyridine rings is 1. The molecule has 0 saturated heterocycles. The lowest BCUT2D eigenvalue weighted by molar-refractivity contribution is 0.767. The number of hydrogen-bond acceptors (Lipinski definition) is 4. The SMILES string of the molecule is CSC1CCCC1Nc1cnccc1C(N)=S. The van der Waals surface area contributed by atoms with Crippen LogP contribution in [0.4, 0.5) is 5.69 Å². The Bertz CT molecular complexity index is 408. The number of rotatable bonds is 4. The van der Waals surface area contributed by atoms with Crippen LogP contribution < -0.4 is 11.1 Å². The van der Waals surface area contributed by atoms with E-state index in [-0.39, 0.29) is 0 Å². The maximum absolute atomic E-state index is 5.71. The molecule has 17 heavy (non-hydrogen) atoms. The Morgan fingerprint density at radius 3 is 3.12 bits per heavy atom. The molecule has 92 valence electrons. The van der Waals surface area contributed by atoms with Gasteiger partial charge in [-0.2, -0.15) is 11.8 Å². The van der Waals surface area contributed by atoms with Crippen molar-refractivity contribution in [3.63, 3.8) is 0 Å². The quantitative estimate of drug-likeness (QED) is 0.821. The highest BCUT2D eigenvalue weighted by molar-refractivity contribution is 7.99. The smallest absolute Gasteiger partial charge is 0.106 e. The van der Waals surface area contributed by atoms with Gasteiger partial charge in [0, 0.05) is 23.1 Å². The maximum atomic E-state index is 5.71. The van der Waals surface area contributed by atoms with Crippen LogP contribution in [0.1, 0.15) is 24.8 Å². The first-order valence-corrected chi connectivity index (χ1v) is 7.45. The number of anilines is 1. The zero-order chi connectivity index (χ0) is 12.3. The van der Waals surface area contributed by atoms with Crippen molar-refractivity contribution in [2.45, 2.75) is 30.6 Å². The third-order valence-corrected chi connectivity index (χ3v) is 4.57. The molecule has 1 aliphatic rings. The summed E-state index contributed by atoms with van der Waals surface area (Å²) in [4.78, 5) is 4.56. The molecule has 5 heteroatoms. The van der Waals surface area contributed by atoms with Gasteiger partial charge in [0.2, 0.25) is 0 Å². The Morgan fingerprint density at radius 1 is 1.59 bits per heavy atom. The van der Waals surface area contributed by atoms with Gasteiger partial charge >= 0.3 is 0 Å². The van der Waals surface area contributed by atoms with Gasteiger partial charge in [0.15, 0.2) is 0 Å². The number of nitrogens with two attached hydrogens (primary N) is 1. The summed E-state index contributed by atoms with van der Waals surface area (Å²) in [7, 11) is 0. The molecule has 0 aromatic carbocycles. The molecule has 0 aliphatic heterocycles. The summed E-state index contributed by atoms with van der Waals surface area (Å²) in [6.07, 6.45) is 9.47. The maximum Gasteiger partial charge on any atom is 0.106 e. The lowest BCUT2D eigenvalue weighted by Gasteiger charge is -2.21. The van der Waals surface area contributed by atoms with Crippen LogP contribution in [0.15, 0.2) is 18.5 Å². The van der Waals surface area contributed by atoms with E-state index in [1.807, 2.05) is 24.0 Å². The number of thiocarbonyl (C=S) groups is 1. The fraction of sp³-hybridized carbons (Fsp3) is 0.500. The summed E-state index contributed by atoms with van der Waals surface area (Å²) in [6, 6.07) is 2.37. The Hall–Kier alpha value is -0.810. The van der Waals surface area contributed by atoms with E-state index in [0.29, 0.717) is 16.3 Å². The molecule has 3 nitrogen and oxygen atoms in total. The van der Waals surface area contributed by atoms with E-state index in [1.165, 1.54) is 19.3 Å². The van der Waals surface area contributed by atoms with Gasteiger partial charge in [-0.3, -0.25) is 4.98 Å². The van der Waals surface area contributed by atoms with E-state index in [4.69, 9.17) is 18.0 Å². The van der Waals surface area contributed by atoms with E-state index < -0.39 is 0 Å². The van der Waals surface area contributed by atoms with Crippen LogP contribution in [0.3, 0.4) is 0 Å². The molecule has 1 saturated carbocycles. The van der Waals surface area contributed by atoms with Crippen LogP contribution in [0.5, 0.6) is 0 Å². The van der Waals surface area contributed by atoms with Crippen molar-refractivity contribution in [3.8, 4) is 0 Å². The first-order valence-electron chi connectivity index (χ1n) is 5.75. The first kappa shape index (κ1) is 12.6. The Labute approximate surface area is 112 Å². The summed E-state index contributed by atoms with van der Waals surface area (Å²) in [5.74, 6) is 0. The molecule has 1 aromatic rings. The predicted molar refractivity (Wildman–Crippen MR) is 78.7 cm³/mol. The van der Waals surface area contributed by atoms with Crippen LogP contribution in [-0.4, -0.2) is 27.5 Å². The first-order chi connectivity index (χ1) is 8.22. The number of thioether (sulfide) groups is 1. The molecule has 0 spiro atoms. The minimum atomic E-state index is 0.425. The summed E-state index contributed by atoms with van der Waals surface area (Å²) >= 11 is 6.98. The molecule has 2 atom stereocenters. The van der Waals surface area contributed by atoms with Crippen molar-refractivity contribution in [2.75, 3.05) is 11.6 Å². The van der Waals surface area contributed by atoms with Gasteiger partial charge in [0.25, 0.3) is 0 Å². The van der Waals surface area contributed by atoms with Gasteiger partial charge in [-0.15, -0.1) is 0 Å². The van der Waals surface area contributed by atoms with Crippen LogP contribution in [0.25, 0.3) is 0 Å². The van der Waals surface area contributed by atoms with Crippen LogP contribution in [0.2, 0.25) is 0 Å². The van der Waals surface area contributed by atoms with E-state index in [1.54, 1.807) is 6.20 Å². The highest BCUT2D eigenvalue weighted by atomic mass is 32.2. The van der Waals surface area contributed by atoms with Gasteiger partial charge in [-0.25, -0.2) is 0 Å². The van der Waals surface area contributed by atoms with E-state index in [9.17, 15) is 0 Å². The van der Waals surface area contributed by atoms with Crippen LogP contribution in [0, 0.1) is 0 Å². The second-order valence-electron chi connectivity index (χ2n) is 4.24. The molecular weight excluding hydrogens is 250 g/mol. The van der Waals surface area contributed by atoms with Gasteiger partial charge in [-0.1, -0.05) is 18.6 Å². The molecular formula is C12H17N3S2. The lowest BCUT2D eigenvalue weighted by Crippen LogP contribution is -2.27. The van der Waals surface area contributed by atoms with Gasteiger partial charge in [0.1, 0.15) is 4.99 Å². The summed E-state index contributed by atoms with van der Waals surface area (Å²) in [5, 5.41) is 4.22. The molecule has 0 radical (unpaired) electrons. The molecule has 1 fully saturated rings. The van der Waals surface area contributed by atoms with Crippen molar-refractivity contribution in [3.05, 3.63) is 24.0 Å². The summed E-state index contributed by atoms with van der Waals surface area (Å²) < 4.78 is 0. The fourth-order valence-corrected chi connectivity index (χ4v) is 3.41. The number of aromatic nitrogens is 1. The normalized spacial score (nSPS) is 23.6. The standard InChI is InChI=1S/C12H17N3S2/c1-17-11-4-2-3-9(11)15-10-7-14-6-5-8(10)12(13)16/h5-7,9,11,15H,2-4H2,1H3,(H2,13,16). The molecule has 0 bridgehead atoms. The van der Waals surface area contributed by atoms with Crippen molar-refractivity contribution in [1.29, 1.82) is 0 Å². The van der Waals surface area contributed by atoms with Crippen molar-refractivity contribution in [2.24, 2.45) is 5.73 Å². The zero-order valence-corrected chi connectivity index (χ0v) is 11.5. The molecule has 3 N–H and O–H groups in total. The summed E-state index contributed by atoms with van der Waals surface area (Å²) in [5.41, 5.74) is 7.57. The Balaban J connectivity index is 2.15. The minimum absolute atomic E-state index is 0.425. The highest BCUT2D eigenvalue weighted by Gasteiger charge is 2.26. The summed E-state index contributed by atoms with van der Waals surface area (Å²) in [6.45, 7) is 0. The number of nitrogens with zero attached hydrogens (tertiary/aromatic N) is 1. The second-order valence-corrected chi connectivity index (χ2v) is 5.76. The fourth-order valence-electron chi connectivity index (χ4n) is 2.30. The largest absolute Gasteiger partial charge is 0.389 e. The second kappa shape index (κ2) is 5.69.